The molecule has 0 radical (unpaired) electrons. The molecule has 528 valence electrons. The molecule has 25 rings (SSSR count). The molecule has 0 heterocycles. The average Bonchev–Trinajstić information content (AvgIpc) is 1.56. The lowest BCUT2D eigenvalue weighted by molar-refractivity contribution is 0.662. The van der Waals surface area contributed by atoms with Gasteiger partial charge in [-0.15, -0.1) is 0 Å². The van der Waals surface area contributed by atoms with E-state index in [2.05, 4.69) is 409 Å². The molecular formula is C101H75Br6I. The van der Waals surface area contributed by atoms with Crippen molar-refractivity contribution in [3.05, 3.63) is 374 Å². The topological polar surface area (TPSA) is 0 Å². The summed E-state index contributed by atoms with van der Waals surface area (Å²) >= 11 is 22.0. The van der Waals surface area contributed by atoms with Crippen LogP contribution in [0.4, 0.5) is 0 Å². The van der Waals surface area contributed by atoms with Gasteiger partial charge in [0.15, 0.2) is 0 Å². The molecule has 8 aliphatic rings. The van der Waals surface area contributed by atoms with Gasteiger partial charge in [-0.25, -0.2) is 0 Å². The molecule has 0 nitrogen and oxygen atoms in total. The second kappa shape index (κ2) is 28.9. The zero-order valence-electron chi connectivity index (χ0n) is 60.7. The first-order valence-electron chi connectivity index (χ1n) is 37.3. The van der Waals surface area contributed by atoms with Gasteiger partial charge in [-0.05, 0) is 326 Å². The van der Waals surface area contributed by atoms with Gasteiger partial charge in [0.25, 0.3) is 0 Å². The van der Waals surface area contributed by atoms with Gasteiger partial charge in [-0.3, -0.25) is 0 Å². The van der Waals surface area contributed by atoms with E-state index in [0.29, 0.717) is 0 Å². The molecule has 0 saturated carbocycles. The fraction of sp³-hybridized carbons (Fsp3) is 0.149. The van der Waals surface area contributed by atoms with Gasteiger partial charge in [-0.1, -0.05) is 320 Å². The van der Waals surface area contributed by atoms with Gasteiger partial charge in [-0.2, -0.15) is 0 Å². The fourth-order valence-corrected chi connectivity index (χ4v) is 21.4. The monoisotopic (exact) mass is 1890 g/mol. The maximum Gasteiger partial charge on any atom is 0.0184 e. The molecule has 0 N–H and O–H groups in total. The maximum absolute atomic E-state index is 3.64. The predicted molar refractivity (Wildman–Crippen MR) is 494 cm³/mol. The molecule has 0 aromatic heterocycles. The SMILES string of the molecule is BrBr.Brc1cc2c3c(c1)Cc1cccc(c1-3)CC2.Brc1cc2c3c(ccc4cccc(c43)C2)c1.CC1(C)c2cccc3ccc4cc(-c5ccc(Br)cc5)cc1c4c23.CC1(C)c2cccc3ccc4cc(Br)cc1c4c23.CI.c1cc2c3c(c1)Cc1cccc(c1-3)CC2.c1cc2c3c(c1)ccc1cccc(c13)C2. The highest BCUT2D eigenvalue weighted by molar-refractivity contribution is 14.1. The molecule has 0 spiro atoms. The maximum atomic E-state index is 3.64. The Morgan fingerprint density at radius 2 is 0.519 bits per heavy atom. The number of alkyl halides is 1. The molecule has 108 heavy (non-hydrogen) atoms. The first kappa shape index (κ1) is 72.0. The number of hydrogen-bond acceptors (Lipinski definition) is 0. The third-order valence-corrected chi connectivity index (χ3v) is 26.1. The summed E-state index contributed by atoms with van der Waals surface area (Å²) in [5, 5.41) is 22.5. The van der Waals surface area contributed by atoms with Crippen LogP contribution in [0, 0.1) is 0 Å². The summed E-state index contributed by atoms with van der Waals surface area (Å²) in [6.07, 6.45) is 9.28. The largest absolute Gasteiger partial charge is 0.0901 e. The second-order valence-corrected chi connectivity index (χ2v) is 34.5. The average molecular weight is 1900 g/mol. The minimum atomic E-state index is 0.0484. The zero-order valence-corrected chi connectivity index (χ0v) is 72.4. The smallest absolute Gasteiger partial charge is 0.0184 e. The standard InChI is InChI=1S/C23H17Br.C17H13Br.C15H11Br.C15H9Br.C15H12.C15H10.CH3I.Br2/c1-23(2)19-5-3-4-15-6-7-16-12-17(13-20(23)22(16)21(15)19)14-8-10-18(24)11-9-14;1-17(2)13-5-3-4-10-6-7-11-8-12(18)9-14(17)16(11)15(10)13;2*16-13-7-11-5-4-9-2-1-3-10-6-12(8-13)15(11)14(9)10;2*1-3-10-7-8-11-4-2-6-13-9-12(5-1)14(10)15(11)13;2*1-2/h3-13H,1-2H3;3-9H,1-2H3;1-3,7-8H,4-6H2;1-5,7-8H,6H2;1-6H,7-9H2;1-8H,9H2;1H3;. The van der Waals surface area contributed by atoms with Crippen LogP contribution in [0.25, 0.3) is 120 Å². The lowest BCUT2D eigenvalue weighted by atomic mass is 9.81. The van der Waals surface area contributed by atoms with Gasteiger partial charge in [0, 0.05) is 57.0 Å². The van der Waals surface area contributed by atoms with Crippen molar-refractivity contribution in [1.82, 2.24) is 0 Å². The van der Waals surface area contributed by atoms with E-state index in [1.54, 1.807) is 38.9 Å². The molecule has 8 aliphatic carbocycles. The molecule has 0 unspecified atom stereocenters. The van der Waals surface area contributed by atoms with E-state index < -0.39 is 0 Å². The van der Waals surface area contributed by atoms with Crippen molar-refractivity contribution in [3.8, 4) is 33.4 Å². The van der Waals surface area contributed by atoms with Gasteiger partial charge < -0.3 is 0 Å². The summed E-state index contributed by atoms with van der Waals surface area (Å²) in [6.45, 7) is 9.34. The first-order chi connectivity index (χ1) is 52.7. The number of hydrogen-bond donors (Lipinski definition) is 0. The van der Waals surface area contributed by atoms with Crippen LogP contribution in [0.5, 0.6) is 0 Å². The Balaban J connectivity index is 0.0000000912. The number of halogens is 7. The fourth-order valence-electron chi connectivity index (χ4n) is 19.6. The van der Waals surface area contributed by atoms with Crippen molar-refractivity contribution >= 4 is 201 Å². The van der Waals surface area contributed by atoms with Crippen LogP contribution < -0.4 is 0 Å². The Morgan fingerprint density at radius 1 is 0.222 bits per heavy atom. The number of aryl methyl sites for hydroxylation is 4. The van der Waals surface area contributed by atoms with E-state index in [9.17, 15) is 0 Å². The third kappa shape index (κ3) is 12.2. The lowest BCUT2D eigenvalue weighted by Crippen LogP contribution is -2.15. The van der Waals surface area contributed by atoms with E-state index in [4.69, 9.17) is 0 Å². The summed E-state index contributed by atoms with van der Waals surface area (Å²) in [6, 6.07) is 98.4. The lowest BCUT2D eigenvalue weighted by Gasteiger charge is -2.22. The Morgan fingerprint density at radius 3 is 1.00 bits per heavy atom. The van der Waals surface area contributed by atoms with Crippen molar-refractivity contribution in [3.63, 3.8) is 0 Å². The molecule has 17 aromatic carbocycles. The third-order valence-electron chi connectivity index (χ3n) is 24.2. The highest BCUT2D eigenvalue weighted by Crippen LogP contribution is 2.53. The predicted octanol–water partition coefficient (Wildman–Crippen LogP) is 31.2. The van der Waals surface area contributed by atoms with E-state index in [1.807, 2.05) is 4.93 Å². The molecule has 17 aromatic rings. The molecule has 0 fully saturated rings. The summed E-state index contributed by atoms with van der Waals surface area (Å²) in [5.41, 5.74) is 32.9. The van der Waals surface area contributed by atoms with E-state index in [-0.39, 0.29) is 10.8 Å². The van der Waals surface area contributed by atoms with Crippen molar-refractivity contribution < 1.29 is 0 Å². The highest BCUT2D eigenvalue weighted by atomic mass is 127. The van der Waals surface area contributed by atoms with Crippen LogP contribution in [-0.4, -0.2) is 4.93 Å². The van der Waals surface area contributed by atoms with Gasteiger partial charge >= 0.3 is 0 Å². The van der Waals surface area contributed by atoms with Crippen LogP contribution in [-0.2, 0) is 62.2 Å². The van der Waals surface area contributed by atoms with Crippen molar-refractivity contribution in [2.24, 2.45) is 0 Å². The van der Waals surface area contributed by atoms with E-state index in [1.165, 1.54) is 209 Å². The van der Waals surface area contributed by atoms with Crippen molar-refractivity contribution in [1.29, 1.82) is 0 Å². The Hall–Kier alpha value is -7.57. The molecular weight excluding hydrogens is 1820 g/mol. The summed E-state index contributed by atoms with van der Waals surface area (Å²) < 4.78 is 4.70. The molecule has 7 heteroatoms. The second-order valence-electron chi connectivity index (χ2n) is 30.9. The molecule has 0 aliphatic heterocycles. The van der Waals surface area contributed by atoms with Crippen LogP contribution in [0.3, 0.4) is 0 Å². The first-order valence-corrected chi connectivity index (χ1v) is 46.3. The summed E-state index contributed by atoms with van der Waals surface area (Å²) in [4.78, 5) is 1.97. The molecule has 0 saturated heterocycles. The highest BCUT2D eigenvalue weighted by Gasteiger charge is 2.36. The number of rotatable bonds is 1. The van der Waals surface area contributed by atoms with Gasteiger partial charge in [0.05, 0.1) is 0 Å². The summed E-state index contributed by atoms with van der Waals surface area (Å²) in [7, 11) is 0. The van der Waals surface area contributed by atoms with Crippen LogP contribution >= 0.6 is 115 Å². The van der Waals surface area contributed by atoms with E-state index >= 15 is 0 Å². The van der Waals surface area contributed by atoms with Crippen LogP contribution in [0.2, 0.25) is 0 Å². The minimum absolute atomic E-state index is 0.0484. The Bertz CT molecular complexity index is 6490. The zero-order chi connectivity index (χ0) is 74.0. The minimum Gasteiger partial charge on any atom is -0.0901 e. The van der Waals surface area contributed by atoms with Crippen molar-refractivity contribution in [2.75, 3.05) is 4.93 Å². The van der Waals surface area contributed by atoms with Gasteiger partial charge in [0.2, 0.25) is 0 Å². The van der Waals surface area contributed by atoms with Crippen LogP contribution in [0.1, 0.15) is 117 Å². The summed E-state index contributed by atoms with van der Waals surface area (Å²) in [5.74, 6) is 0. The quantitative estimate of drug-likeness (QED) is 0.0873. The number of benzene rings is 17. The van der Waals surface area contributed by atoms with E-state index in [0.717, 1.165) is 30.2 Å². The van der Waals surface area contributed by atoms with Crippen molar-refractivity contribution in [2.45, 2.75) is 89.9 Å². The Labute approximate surface area is 695 Å². The normalized spacial score (nSPS) is 14.1. The molecule has 0 amide bonds. The molecule has 0 atom stereocenters. The van der Waals surface area contributed by atoms with Crippen LogP contribution in [0.15, 0.2) is 285 Å². The Kier molecular flexibility index (Phi) is 19.3. The van der Waals surface area contributed by atoms with Gasteiger partial charge in [0.1, 0.15) is 0 Å². The molecule has 0 bridgehead atoms.